The quantitative estimate of drug-likeness (QED) is 0.188. The second kappa shape index (κ2) is 17.1. The Labute approximate surface area is 232 Å². The fourth-order valence-corrected chi connectivity index (χ4v) is 6.72. The van der Waals surface area contributed by atoms with E-state index in [9.17, 15) is 0 Å². The van der Waals surface area contributed by atoms with E-state index in [1.165, 1.54) is 119 Å². The molecule has 3 rings (SSSR count). The topological polar surface area (TPSA) is 0 Å². The van der Waals surface area contributed by atoms with E-state index in [0.717, 1.165) is 0 Å². The third-order valence-electron chi connectivity index (χ3n) is 8.91. The number of unbranched alkanes of at least 4 members (excludes halogenated alkanes) is 10. The molecule has 208 valence electrons. The molecule has 37 heavy (non-hydrogen) atoms. The van der Waals surface area contributed by atoms with Crippen LogP contribution in [0.3, 0.4) is 0 Å². The van der Waals surface area contributed by atoms with E-state index in [2.05, 4.69) is 71.0 Å². The van der Waals surface area contributed by atoms with E-state index >= 15 is 0 Å². The van der Waals surface area contributed by atoms with Crippen molar-refractivity contribution >= 4 is 0 Å². The first-order chi connectivity index (χ1) is 18.1. The lowest BCUT2D eigenvalue weighted by atomic mass is 9.70. The molecule has 0 amide bonds. The first kappa shape index (κ1) is 31.7. The number of benzene rings is 2. The monoisotopic (exact) mass is 504 g/mol. The Kier molecular flexibility index (Phi) is 14.6. The Balaban J connectivity index is 0.00000235. The fourth-order valence-electron chi connectivity index (χ4n) is 6.72. The second-order valence-electron chi connectivity index (χ2n) is 11.5. The number of hydrogen-bond donors (Lipinski definition) is 0. The SMILES string of the molecule is CC.CCCCCCCCC1(CCCCCCCC)c2cc(C)ccc2-c2ccc(C(CC)CC)cc21. The molecule has 0 fully saturated rings. The first-order valence-electron chi connectivity index (χ1n) is 16.4. The van der Waals surface area contributed by atoms with Gasteiger partial charge in [-0.1, -0.05) is 161 Å². The predicted molar refractivity (Wildman–Crippen MR) is 168 cm³/mol. The molecule has 0 N–H and O–H groups in total. The average molecular weight is 505 g/mol. The Bertz CT molecular complexity index is 869. The summed E-state index contributed by atoms with van der Waals surface area (Å²) in [5, 5.41) is 0. The molecule has 1 aliphatic carbocycles. The summed E-state index contributed by atoms with van der Waals surface area (Å²) >= 11 is 0. The van der Waals surface area contributed by atoms with Crippen LogP contribution in [0.1, 0.15) is 172 Å². The van der Waals surface area contributed by atoms with Crippen LogP contribution in [0.5, 0.6) is 0 Å². The molecular formula is C37H60. The third-order valence-corrected chi connectivity index (χ3v) is 8.91. The number of aryl methyl sites for hydroxylation is 1. The minimum Gasteiger partial charge on any atom is -0.0683 e. The van der Waals surface area contributed by atoms with Crippen LogP contribution in [0.25, 0.3) is 11.1 Å². The van der Waals surface area contributed by atoms with Crippen LogP contribution in [0.2, 0.25) is 0 Å². The van der Waals surface area contributed by atoms with Crippen LogP contribution in [-0.2, 0) is 5.41 Å². The van der Waals surface area contributed by atoms with Crippen molar-refractivity contribution in [3.63, 3.8) is 0 Å². The van der Waals surface area contributed by atoms with E-state index in [-0.39, 0.29) is 5.41 Å². The zero-order valence-electron chi connectivity index (χ0n) is 25.9. The maximum absolute atomic E-state index is 2.66. The second-order valence-corrected chi connectivity index (χ2v) is 11.5. The molecule has 0 aliphatic heterocycles. The van der Waals surface area contributed by atoms with Crippen LogP contribution in [0.4, 0.5) is 0 Å². The molecule has 0 aromatic heterocycles. The minimum atomic E-state index is 0.217. The van der Waals surface area contributed by atoms with Crippen molar-refractivity contribution in [2.75, 3.05) is 0 Å². The molecule has 0 heteroatoms. The smallest absolute Gasteiger partial charge is 0.0215 e. The molecular weight excluding hydrogens is 444 g/mol. The van der Waals surface area contributed by atoms with Gasteiger partial charge < -0.3 is 0 Å². The van der Waals surface area contributed by atoms with Crippen LogP contribution in [-0.4, -0.2) is 0 Å². The lowest BCUT2D eigenvalue weighted by Gasteiger charge is -2.34. The van der Waals surface area contributed by atoms with Crippen LogP contribution < -0.4 is 0 Å². The van der Waals surface area contributed by atoms with E-state index in [4.69, 9.17) is 0 Å². The zero-order valence-corrected chi connectivity index (χ0v) is 25.9. The van der Waals surface area contributed by atoms with Crippen molar-refractivity contribution in [2.45, 2.75) is 163 Å². The summed E-state index contributed by atoms with van der Waals surface area (Å²) in [6, 6.07) is 14.9. The Hall–Kier alpha value is -1.56. The molecule has 0 nitrogen and oxygen atoms in total. The molecule has 2 aromatic carbocycles. The zero-order chi connectivity index (χ0) is 27.1. The Morgan fingerprint density at radius 1 is 0.568 bits per heavy atom. The van der Waals surface area contributed by atoms with Gasteiger partial charge in [-0.25, -0.2) is 0 Å². The van der Waals surface area contributed by atoms with Gasteiger partial charge in [0.05, 0.1) is 0 Å². The highest BCUT2D eigenvalue weighted by Crippen LogP contribution is 2.55. The van der Waals surface area contributed by atoms with E-state index in [1.807, 2.05) is 13.8 Å². The van der Waals surface area contributed by atoms with Crippen LogP contribution >= 0.6 is 0 Å². The molecule has 0 bridgehead atoms. The van der Waals surface area contributed by atoms with Gasteiger partial charge in [0, 0.05) is 5.41 Å². The third kappa shape index (κ3) is 8.21. The number of rotatable bonds is 17. The largest absolute Gasteiger partial charge is 0.0683 e. The normalized spacial score (nSPS) is 13.3. The Morgan fingerprint density at radius 3 is 1.54 bits per heavy atom. The highest BCUT2D eigenvalue weighted by Gasteiger charge is 2.42. The van der Waals surface area contributed by atoms with E-state index in [1.54, 1.807) is 16.7 Å². The average Bonchev–Trinajstić information content (AvgIpc) is 3.18. The highest BCUT2D eigenvalue weighted by molar-refractivity contribution is 5.81. The minimum absolute atomic E-state index is 0.217. The molecule has 0 saturated carbocycles. The van der Waals surface area contributed by atoms with Crippen molar-refractivity contribution < 1.29 is 0 Å². The number of hydrogen-bond acceptors (Lipinski definition) is 0. The van der Waals surface area contributed by atoms with Crippen molar-refractivity contribution in [1.82, 2.24) is 0 Å². The summed E-state index contributed by atoms with van der Waals surface area (Å²) in [6.07, 6.45) is 21.7. The van der Waals surface area contributed by atoms with Crippen LogP contribution in [0.15, 0.2) is 36.4 Å². The molecule has 2 aromatic rings. The summed E-state index contributed by atoms with van der Waals surface area (Å²) in [5.41, 5.74) is 9.60. The molecule has 0 spiro atoms. The molecule has 0 unspecified atom stereocenters. The molecule has 0 saturated heterocycles. The van der Waals surface area contributed by atoms with Crippen LogP contribution in [0, 0.1) is 6.92 Å². The summed E-state index contributed by atoms with van der Waals surface area (Å²) in [6.45, 7) is 15.7. The van der Waals surface area contributed by atoms with E-state index in [0.29, 0.717) is 5.92 Å². The predicted octanol–water partition coefficient (Wildman–Crippen LogP) is 12.7. The van der Waals surface area contributed by atoms with Gasteiger partial charge in [0.15, 0.2) is 0 Å². The highest BCUT2D eigenvalue weighted by atomic mass is 14.5. The van der Waals surface area contributed by atoms with Gasteiger partial charge in [-0.15, -0.1) is 0 Å². The van der Waals surface area contributed by atoms with Gasteiger partial charge in [-0.3, -0.25) is 0 Å². The van der Waals surface area contributed by atoms with Crippen molar-refractivity contribution in [3.05, 3.63) is 58.7 Å². The fraction of sp³-hybridized carbons (Fsp3) is 0.676. The maximum atomic E-state index is 2.66. The summed E-state index contributed by atoms with van der Waals surface area (Å²) in [5.74, 6) is 0.687. The van der Waals surface area contributed by atoms with Gasteiger partial charge in [-0.05, 0) is 66.3 Å². The first-order valence-corrected chi connectivity index (χ1v) is 16.4. The summed E-state index contributed by atoms with van der Waals surface area (Å²) < 4.78 is 0. The van der Waals surface area contributed by atoms with Gasteiger partial charge in [0.25, 0.3) is 0 Å². The lowest BCUT2D eigenvalue weighted by Crippen LogP contribution is -2.26. The van der Waals surface area contributed by atoms with Gasteiger partial charge in [0.1, 0.15) is 0 Å². The standard InChI is InChI=1S/C35H54.C2H6/c1-6-10-12-14-16-18-24-35(25-19-17-15-13-11-7-2)33-26-28(5)20-22-31(33)32-23-21-30(27-34(32)35)29(8-3)9-4;1-2/h20-23,26-27,29H,6-19,24-25H2,1-5H3;1-2H3. The molecule has 0 heterocycles. The van der Waals surface area contributed by atoms with Crippen molar-refractivity contribution in [2.24, 2.45) is 0 Å². The number of fused-ring (bicyclic) bond motifs is 3. The summed E-state index contributed by atoms with van der Waals surface area (Å²) in [4.78, 5) is 0. The summed E-state index contributed by atoms with van der Waals surface area (Å²) in [7, 11) is 0. The molecule has 0 atom stereocenters. The van der Waals surface area contributed by atoms with Gasteiger partial charge in [-0.2, -0.15) is 0 Å². The molecule has 1 aliphatic rings. The maximum Gasteiger partial charge on any atom is 0.0215 e. The van der Waals surface area contributed by atoms with Crippen molar-refractivity contribution in [1.29, 1.82) is 0 Å². The Morgan fingerprint density at radius 2 is 1.03 bits per heavy atom. The van der Waals surface area contributed by atoms with Gasteiger partial charge in [0.2, 0.25) is 0 Å². The van der Waals surface area contributed by atoms with E-state index < -0.39 is 0 Å². The molecule has 0 radical (unpaired) electrons. The van der Waals surface area contributed by atoms with Gasteiger partial charge >= 0.3 is 0 Å². The van der Waals surface area contributed by atoms with Crippen molar-refractivity contribution in [3.8, 4) is 11.1 Å². The lowest BCUT2D eigenvalue weighted by molar-refractivity contribution is 0.397.